The highest BCUT2D eigenvalue weighted by atomic mass is 16.6. The number of ether oxygens (including phenoxy) is 3. The number of likely N-dealkylation sites (N-methyl/N-ethyl adjacent to an activating group) is 1. The first kappa shape index (κ1) is 22.0. The summed E-state index contributed by atoms with van der Waals surface area (Å²) < 4.78 is 16.4. The van der Waals surface area contributed by atoms with Crippen molar-refractivity contribution in [1.29, 1.82) is 0 Å². The number of para-hydroxylation sites is 2. The second kappa shape index (κ2) is 9.42. The van der Waals surface area contributed by atoms with Gasteiger partial charge in [0.25, 0.3) is 11.5 Å². The minimum Gasteiger partial charge on any atom is -0.466 e. The Bertz CT molecular complexity index is 1070. The van der Waals surface area contributed by atoms with Crippen LogP contribution in [0, 0.1) is 0 Å². The Morgan fingerprint density at radius 1 is 0.968 bits per heavy atom. The van der Waals surface area contributed by atoms with E-state index in [1.807, 2.05) is 38.1 Å². The summed E-state index contributed by atoms with van der Waals surface area (Å²) in [5.41, 5.74) is -0.297. The van der Waals surface area contributed by atoms with E-state index in [4.69, 9.17) is 14.2 Å². The van der Waals surface area contributed by atoms with Crippen LogP contribution in [0.5, 0.6) is 17.4 Å². The molecule has 1 aromatic heterocycles. The van der Waals surface area contributed by atoms with E-state index in [2.05, 4.69) is 9.97 Å². The monoisotopic (exact) mass is 423 g/mol. The SMILES string of the molecule is CCN(CC)C(=O)C(C)(Oc1ccc(Oc2cnc3ccccc3n2)cc1)C(=O)OC. The van der Waals surface area contributed by atoms with Crippen LogP contribution >= 0.6 is 0 Å². The van der Waals surface area contributed by atoms with Crippen molar-refractivity contribution in [2.75, 3.05) is 20.2 Å². The number of benzene rings is 2. The fraction of sp³-hybridized carbons (Fsp3) is 0.304. The third-order valence-corrected chi connectivity index (χ3v) is 4.83. The van der Waals surface area contributed by atoms with E-state index in [9.17, 15) is 9.59 Å². The Hall–Kier alpha value is -3.68. The van der Waals surface area contributed by atoms with Crippen LogP contribution < -0.4 is 9.47 Å². The van der Waals surface area contributed by atoms with Crippen molar-refractivity contribution in [3.05, 3.63) is 54.7 Å². The molecule has 0 saturated carbocycles. The maximum atomic E-state index is 12.9. The molecule has 8 heteroatoms. The Kier molecular flexibility index (Phi) is 6.69. The molecule has 0 spiro atoms. The van der Waals surface area contributed by atoms with E-state index in [1.54, 1.807) is 30.5 Å². The van der Waals surface area contributed by atoms with E-state index in [0.29, 0.717) is 30.5 Å². The number of amides is 1. The van der Waals surface area contributed by atoms with Gasteiger partial charge in [0.1, 0.15) is 11.5 Å². The fourth-order valence-electron chi connectivity index (χ4n) is 3.10. The second-order valence-electron chi connectivity index (χ2n) is 6.87. The molecule has 0 N–H and O–H groups in total. The summed E-state index contributed by atoms with van der Waals surface area (Å²) in [6.45, 7) is 5.98. The second-order valence-corrected chi connectivity index (χ2v) is 6.87. The Balaban J connectivity index is 1.78. The highest BCUT2D eigenvalue weighted by molar-refractivity contribution is 6.06. The number of rotatable bonds is 8. The quantitative estimate of drug-likeness (QED) is 0.404. The molecule has 2 aromatic carbocycles. The van der Waals surface area contributed by atoms with Gasteiger partial charge in [-0.3, -0.25) is 4.79 Å². The average Bonchev–Trinajstić information content (AvgIpc) is 2.80. The smallest absolute Gasteiger partial charge is 0.359 e. The number of methoxy groups -OCH3 is 1. The molecule has 1 unspecified atom stereocenters. The number of aromatic nitrogens is 2. The van der Waals surface area contributed by atoms with Crippen molar-refractivity contribution in [3.8, 4) is 17.4 Å². The maximum absolute atomic E-state index is 12.9. The molecule has 0 aliphatic carbocycles. The van der Waals surface area contributed by atoms with Crippen molar-refractivity contribution in [2.45, 2.75) is 26.4 Å². The lowest BCUT2D eigenvalue weighted by Crippen LogP contribution is -2.56. The van der Waals surface area contributed by atoms with Crippen molar-refractivity contribution < 1.29 is 23.8 Å². The van der Waals surface area contributed by atoms with Crippen molar-refractivity contribution in [3.63, 3.8) is 0 Å². The highest BCUT2D eigenvalue weighted by Gasteiger charge is 2.47. The van der Waals surface area contributed by atoms with Gasteiger partial charge in [0.15, 0.2) is 0 Å². The van der Waals surface area contributed by atoms with Crippen molar-refractivity contribution in [2.24, 2.45) is 0 Å². The molecule has 0 fully saturated rings. The Labute approximate surface area is 180 Å². The largest absolute Gasteiger partial charge is 0.466 e. The molecule has 31 heavy (non-hydrogen) atoms. The van der Waals surface area contributed by atoms with Crippen molar-refractivity contribution >= 4 is 22.9 Å². The normalized spacial score (nSPS) is 12.6. The van der Waals surface area contributed by atoms with E-state index < -0.39 is 17.5 Å². The first-order chi connectivity index (χ1) is 14.9. The topological polar surface area (TPSA) is 90.9 Å². The molecular weight excluding hydrogens is 398 g/mol. The van der Waals surface area contributed by atoms with Gasteiger partial charge in [-0.2, -0.15) is 0 Å². The van der Waals surface area contributed by atoms with Gasteiger partial charge < -0.3 is 19.1 Å². The summed E-state index contributed by atoms with van der Waals surface area (Å²) in [6, 6.07) is 14.0. The summed E-state index contributed by atoms with van der Waals surface area (Å²) in [4.78, 5) is 35.6. The molecular formula is C23H25N3O5. The van der Waals surface area contributed by atoms with Crippen LogP contribution in [-0.4, -0.2) is 52.5 Å². The molecule has 0 aliphatic heterocycles. The standard InChI is InChI=1S/C23H25N3O5/c1-5-26(6-2)21(27)23(3,22(28)29-4)31-17-13-11-16(12-14-17)30-20-15-24-18-9-7-8-10-19(18)25-20/h7-15H,5-6H2,1-4H3. The summed E-state index contributed by atoms with van der Waals surface area (Å²) in [6.07, 6.45) is 1.55. The van der Waals surface area contributed by atoms with Gasteiger partial charge in [0.05, 0.1) is 24.3 Å². The molecule has 1 amide bonds. The molecule has 162 valence electrons. The van der Waals surface area contributed by atoms with Crippen molar-refractivity contribution in [1.82, 2.24) is 14.9 Å². The van der Waals surface area contributed by atoms with Gasteiger partial charge in [0.2, 0.25) is 5.88 Å². The summed E-state index contributed by atoms with van der Waals surface area (Å²) in [5.74, 6) is -0.0483. The van der Waals surface area contributed by atoms with Crippen LogP contribution in [-0.2, 0) is 14.3 Å². The molecule has 0 aliphatic rings. The Morgan fingerprint density at radius 3 is 2.19 bits per heavy atom. The zero-order valence-electron chi connectivity index (χ0n) is 18.0. The molecule has 8 nitrogen and oxygen atoms in total. The lowest BCUT2D eigenvalue weighted by atomic mass is 10.0. The van der Waals surface area contributed by atoms with Gasteiger partial charge in [0, 0.05) is 13.1 Å². The first-order valence-electron chi connectivity index (χ1n) is 9.97. The number of hydrogen-bond acceptors (Lipinski definition) is 7. The Morgan fingerprint density at radius 2 is 1.58 bits per heavy atom. The maximum Gasteiger partial charge on any atom is 0.359 e. The van der Waals surface area contributed by atoms with Gasteiger partial charge >= 0.3 is 5.97 Å². The minimum atomic E-state index is -1.80. The van der Waals surface area contributed by atoms with Gasteiger partial charge in [-0.1, -0.05) is 12.1 Å². The predicted octanol–water partition coefficient (Wildman–Crippen LogP) is 3.60. The lowest BCUT2D eigenvalue weighted by molar-refractivity contribution is -0.168. The zero-order valence-corrected chi connectivity index (χ0v) is 18.0. The van der Waals surface area contributed by atoms with Gasteiger partial charge in [-0.15, -0.1) is 0 Å². The number of carbonyl (C=O) groups is 2. The third kappa shape index (κ3) is 4.74. The number of nitrogens with zero attached hydrogens (tertiary/aromatic N) is 3. The zero-order chi connectivity index (χ0) is 22.4. The average molecular weight is 423 g/mol. The summed E-state index contributed by atoms with van der Waals surface area (Å²) in [5, 5.41) is 0. The summed E-state index contributed by atoms with van der Waals surface area (Å²) >= 11 is 0. The van der Waals surface area contributed by atoms with E-state index in [1.165, 1.54) is 18.9 Å². The molecule has 0 saturated heterocycles. The van der Waals surface area contributed by atoms with Crippen LogP contribution in [0.25, 0.3) is 11.0 Å². The lowest BCUT2D eigenvalue weighted by Gasteiger charge is -2.31. The molecule has 0 radical (unpaired) electrons. The minimum absolute atomic E-state index is 0.324. The number of esters is 1. The van der Waals surface area contributed by atoms with Crippen LogP contribution in [0.1, 0.15) is 20.8 Å². The van der Waals surface area contributed by atoms with E-state index in [-0.39, 0.29) is 0 Å². The molecule has 1 atom stereocenters. The third-order valence-electron chi connectivity index (χ3n) is 4.83. The molecule has 3 aromatic rings. The highest BCUT2D eigenvalue weighted by Crippen LogP contribution is 2.27. The van der Waals surface area contributed by atoms with Gasteiger partial charge in [-0.25, -0.2) is 14.8 Å². The van der Waals surface area contributed by atoms with E-state index >= 15 is 0 Å². The summed E-state index contributed by atoms with van der Waals surface area (Å²) in [7, 11) is 1.22. The fourth-order valence-corrected chi connectivity index (χ4v) is 3.10. The van der Waals surface area contributed by atoms with Gasteiger partial charge in [-0.05, 0) is 57.2 Å². The van der Waals surface area contributed by atoms with Crippen LogP contribution in [0.4, 0.5) is 0 Å². The van der Waals surface area contributed by atoms with Crippen LogP contribution in [0.15, 0.2) is 54.7 Å². The molecule has 1 heterocycles. The van der Waals surface area contributed by atoms with Crippen LogP contribution in [0.2, 0.25) is 0 Å². The van der Waals surface area contributed by atoms with E-state index in [0.717, 1.165) is 11.0 Å². The molecule has 0 bridgehead atoms. The number of fused-ring (bicyclic) bond motifs is 1. The number of carbonyl (C=O) groups excluding carboxylic acids is 2. The first-order valence-corrected chi connectivity index (χ1v) is 9.97. The predicted molar refractivity (Wildman–Crippen MR) is 115 cm³/mol. The number of hydrogen-bond donors (Lipinski definition) is 0. The molecule has 3 rings (SSSR count). The van der Waals surface area contributed by atoms with Crippen LogP contribution in [0.3, 0.4) is 0 Å².